The molecule has 0 saturated heterocycles. The molecule has 4 heterocycles. The van der Waals surface area contributed by atoms with E-state index >= 15 is 0 Å². The molecule has 2 N–H and O–H groups in total. The van der Waals surface area contributed by atoms with Crippen LogP contribution in [0, 0.1) is 0 Å². The Morgan fingerprint density at radius 2 is 1.11 bits per heavy atom. The quantitative estimate of drug-likeness (QED) is 0.359. The molecule has 0 bridgehead atoms. The van der Waals surface area contributed by atoms with E-state index in [1.807, 2.05) is 22.7 Å². The fraction of sp³-hybridized carbons (Fsp3) is 0.429. The molecule has 1 fully saturated rings. The second-order valence-corrected chi connectivity index (χ2v) is 12.2. The molecule has 8 heteroatoms. The van der Waals surface area contributed by atoms with Gasteiger partial charge in [-0.15, -0.1) is 22.7 Å². The lowest BCUT2D eigenvalue weighted by Gasteiger charge is -2.25. The summed E-state index contributed by atoms with van der Waals surface area (Å²) >= 11 is 3.75. The predicted molar refractivity (Wildman–Crippen MR) is 151 cm³/mol. The van der Waals surface area contributed by atoms with E-state index in [1.54, 1.807) is 0 Å². The van der Waals surface area contributed by atoms with Gasteiger partial charge in [-0.2, -0.15) is 0 Å². The fourth-order valence-electron chi connectivity index (χ4n) is 5.57. The molecule has 36 heavy (non-hydrogen) atoms. The third kappa shape index (κ3) is 4.30. The maximum Gasteiger partial charge on any atom is 0.128 e. The number of thiazole rings is 2. The van der Waals surface area contributed by atoms with E-state index in [-0.39, 0.29) is 0 Å². The molecule has 0 atom stereocenters. The van der Waals surface area contributed by atoms with E-state index in [2.05, 4.69) is 57.0 Å². The van der Waals surface area contributed by atoms with Crippen molar-refractivity contribution in [2.24, 2.45) is 9.98 Å². The van der Waals surface area contributed by atoms with Crippen molar-refractivity contribution in [3.63, 3.8) is 0 Å². The van der Waals surface area contributed by atoms with Gasteiger partial charge < -0.3 is 10.6 Å². The molecule has 4 aromatic rings. The highest BCUT2D eigenvalue weighted by Gasteiger charge is 2.28. The lowest BCUT2D eigenvalue weighted by atomic mass is 9.82. The van der Waals surface area contributed by atoms with Crippen LogP contribution in [0.5, 0.6) is 0 Å². The van der Waals surface area contributed by atoms with E-state index in [0.29, 0.717) is 11.8 Å². The Balaban J connectivity index is 1.05. The summed E-state index contributed by atoms with van der Waals surface area (Å²) in [4.78, 5) is 19.4. The van der Waals surface area contributed by atoms with Crippen LogP contribution in [-0.4, -0.2) is 47.8 Å². The van der Waals surface area contributed by atoms with E-state index in [1.165, 1.54) is 56.2 Å². The van der Waals surface area contributed by atoms with Gasteiger partial charge in [0, 0.05) is 49.1 Å². The number of benzene rings is 2. The molecule has 2 aliphatic heterocycles. The lowest BCUT2D eigenvalue weighted by Crippen LogP contribution is -2.30. The molecular formula is C28H30N6S2. The first-order chi connectivity index (χ1) is 17.8. The van der Waals surface area contributed by atoms with E-state index < -0.39 is 0 Å². The zero-order chi connectivity index (χ0) is 23.9. The minimum atomic E-state index is 0.559. The molecule has 0 radical (unpaired) electrons. The van der Waals surface area contributed by atoms with Crippen LogP contribution < -0.4 is 10.6 Å². The van der Waals surface area contributed by atoms with Crippen LogP contribution in [0.3, 0.4) is 0 Å². The number of hydrogen-bond donors (Lipinski definition) is 2. The Hall–Kier alpha value is -2.84. The maximum absolute atomic E-state index is 5.04. The van der Waals surface area contributed by atoms with Crippen molar-refractivity contribution in [1.29, 1.82) is 0 Å². The molecule has 0 unspecified atom stereocenters. The molecule has 6 nitrogen and oxygen atoms in total. The van der Waals surface area contributed by atoms with Crippen LogP contribution in [0.2, 0.25) is 0 Å². The highest BCUT2D eigenvalue weighted by molar-refractivity contribution is 7.19. The maximum atomic E-state index is 5.04. The first-order valence-corrected chi connectivity index (χ1v) is 14.8. The number of amidine groups is 2. The third-order valence-electron chi connectivity index (χ3n) is 7.58. The second kappa shape index (κ2) is 9.56. The summed E-state index contributed by atoms with van der Waals surface area (Å²) in [6.07, 6.45) is 6.98. The summed E-state index contributed by atoms with van der Waals surface area (Å²) in [5.74, 6) is 3.18. The Bertz CT molecular complexity index is 1360. The summed E-state index contributed by atoms with van der Waals surface area (Å²) in [6.45, 7) is 3.85. The molecule has 1 saturated carbocycles. The van der Waals surface area contributed by atoms with Crippen LogP contribution in [-0.2, 0) is 0 Å². The van der Waals surface area contributed by atoms with Crippen LogP contribution in [0.25, 0.3) is 20.4 Å². The normalized spacial score (nSPS) is 22.7. The lowest BCUT2D eigenvalue weighted by molar-refractivity contribution is 0.395. The zero-order valence-electron chi connectivity index (χ0n) is 20.3. The molecule has 7 rings (SSSR count). The number of fused-ring (bicyclic) bond motifs is 2. The number of hydrogen-bond acceptors (Lipinski definition) is 8. The topological polar surface area (TPSA) is 74.6 Å². The minimum absolute atomic E-state index is 0.559. The van der Waals surface area contributed by atoms with Crippen LogP contribution in [0.1, 0.15) is 71.5 Å². The Morgan fingerprint density at radius 1 is 0.639 bits per heavy atom. The van der Waals surface area contributed by atoms with Gasteiger partial charge in [0.2, 0.25) is 0 Å². The largest absolute Gasteiger partial charge is 0.370 e. The van der Waals surface area contributed by atoms with Crippen LogP contribution in [0.4, 0.5) is 0 Å². The SMILES string of the molecule is c1cc2nc(C3CCC(c4nc5ccc(C6=NCCCN6)cc5s4)CC3)sc2cc1C1=NCCCN1. The average molecular weight is 515 g/mol. The van der Waals surface area contributed by atoms with Gasteiger partial charge in [0.05, 0.1) is 30.4 Å². The van der Waals surface area contributed by atoms with Gasteiger partial charge in [-0.25, -0.2) is 9.97 Å². The highest BCUT2D eigenvalue weighted by Crippen LogP contribution is 2.44. The minimum Gasteiger partial charge on any atom is -0.370 e. The molecule has 2 aromatic heterocycles. The monoisotopic (exact) mass is 514 g/mol. The van der Waals surface area contributed by atoms with Crippen LogP contribution in [0.15, 0.2) is 46.4 Å². The molecule has 184 valence electrons. The smallest absolute Gasteiger partial charge is 0.128 e. The van der Waals surface area contributed by atoms with Crippen molar-refractivity contribution in [1.82, 2.24) is 20.6 Å². The summed E-state index contributed by atoms with van der Waals surface area (Å²) < 4.78 is 2.55. The first-order valence-electron chi connectivity index (χ1n) is 13.2. The summed E-state index contributed by atoms with van der Waals surface area (Å²) in [5.41, 5.74) is 4.62. The van der Waals surface area contributed by atoms with Crippen molar-refractivity contribution in [2.75, 3.05) is 26.2 Å². The number of nitrogens with zero attached hydrogens (tertiary/aromatic N) is 4. The van der Waals surface area contributed by atoms with E-state index in [4.69, 9.17) is 9.97 Å². The molecule has 1 aliphatic carbocycles. The number of nitrogens with one attached hydrogen (secondary N) is 2. The Labute approximate surface area is 219 Å². The Kier molecular flexibility index (Phi) is 5.94. The molecular weight excluding hydrogens is 484 g/mol. The summed E-state index contributed by atoms with van der Waals surface area (Å²) in [5, 5.41) is 9.48. The number of rotatable bonds is 4. The van der Waals surface area contributed by atoms with Gasteiger partial charge >= 0.3 is 0 Å². The van der Waals surface area contributed by atoms with Crippen LogP contribution >= 0.6 is 22.7 Å². The zero-order valence-corrected chi connectivity index (χ0v) is 21.9. The first kappa shape index (κ1) is 22.4. The van der Waals surface area contributed by atoms with Crippen molar-refractivity contribution in [3.05, 3.63) is 57.5 Å². The van der Waals surface area contributed by atoms with Gasteiger partial charge in [0.25, 0.3) is 0 Å². The van der Waals surface area contributed by atoms with Gasteiger partial charge in [-0.05, 0) is 74.9 Å². The average Bonchev–Trinajstić information content (AvgIpc) is 3.58. The van der Waals surface area contributed by atoms with Gasteiger partial charge in [-0.3, -0.25) is 9.98 Å². The van der Waals surface area contributed by atoms with Gasteiger partial charge in [0.1, 0.15) is 11.7 Å². The number of aliphatic imine (C=N–C) groups is 2. The van der Waals surface area contributed by atoms with E-state index in [0.717, 1.165) is 61.7 Å². The second-order valence-electron chi connectivity index (χ2n) is 10.0. The molecule has 3 aliphatic rings. The standard InChI is InChI=1S/C28H30N6S2/c1-11-29-25(30-12-1)19-7-9-21-23(15-19)35-27(33-21)17-3-5-18(6-4-17)28-34-22-10-8-20(16-24(22)36-28)26-31-13-2-14-32-26/h7-10,15-18H,1-6,11-14H2,(H,29,30)(H,31,32). The number of aromatic nitrogens is 2. The molecule has 0 spiro atoms. The molecule has 2 aromatic carbocycles. The fourth-order valence-corrected chi connectivity index (χ4v) is 7.92. The van der Waals surface area contributed by atoms with E-state index in [9.17, 15) is 0 Å². The van der Waals surface area contributed by atoms with Crippen molar-refractivity contribution >= 4 is 54.8 Å². The highest BCUT2D eigenvalue weighted by atomic mass is 32.1. The van der Waals surface area contributed by atoms with Crippen molar-refractivity contribution < 1.29 is 0 Å². The summed E-state index contributed by atoms with van der Waals surface area (Å²) in [6, 6.07) is 13.2. The summed E-state index contributed by atoms with van der Waals surface area (Å²) in [7, 11) is 0. The van der Waals surface area contributed by atoms with Gasteiger partial charge in [0.15, 0.2) is 0 Å². The Morgan fingerprint density at radius 3 is 1.53 bits per heavy atom. The molecule has 0 amide bonds. The third-order valence-corrected chi connectivity index (χ3v) is 9.94. The van der Waals surface area contributed by atoms with Crippen molar-refractivity contribution in [3.8, 4) is 0 Å². The van der Waals surface area contributed by atoms with Crippen molar-refractivity contribution in [2.45, 2.75) is 50.4 Å². The van der Waals surface area contributed by atoms with Gasteiger partial charge in [-0.1, -0.05) is 0 Å². The predicted octanol–water partition coefficient (Wildman–Crippen LogP) is 5.83.